The van der Waals surface area contributed by atoms with Crippen LogP contribution in [0.5, 0.6) is 5.75 Å². The number of aliphatic hydroxyl groups is 1. The van der Waals surface area contributed by atoms with Crippen molar-refractivity contribution in [1.82, 2.24) is 15.1 Å². The Hall–Kier alpha value is -4.44. The SMILES string of the molecule is C=C(NC(=O)C(=C)N1Cc2c(cccc2-c2ccc3c(c2)OCC(=O)N3)C1=O)C(=O)N1CC(O)C1. The normalized spacial score (nSPS) is 16.5. The number of nitrogens with zero attached hydrogens (tertiary/aromatic N) is 2. The van der Waals surface area contributed by atoms with Gasteiger partial charge in [0.2, 0.25) is 0 Å². The second kappa shape index (κ2) is 8.41. The number of hydrogen-bond acceptors (Lipinski definition) is 6. The summed E-state index contributed by atoms with van der Waals surface area (Å²) in [4.78, 5) is 52.3. The van der Waals surface area contributed by atoms with Crippen molar-refractivity contribution in [3.63, 3.8) is 0 Å². The second-order valence-electron chi connectivity index (χ2n) is 8.51. The van der Waals surface area contributed by atoms with Crippen molar-refractivity contribution in [1.29, 1.82) is 0 Å². The Bertz CT molecular complexity index is 1330. The molecule has 0 bridgehead atoms. The summed E-state index contributed by atoms with van der Waals surface area (Å²) >= 11 is 0. The van der Waals surface area contributed by atoms with E-state index in [1.54, 1.807) is 24.3 Å². The predicted octanol–water partition coefficient (Wildman–Crippen LogP) is 0.987. The molecule has 0 aromatic heterocycles. The second-order valence-corrected chi connectivity index (χ2v) is 8.51. The van der Waals surface area contributed by atoms with Gasteiger partial charge in [0.1, 0.15) is 11.4 Å². The zero-order valence-corrected chi connectivity index (χ0v) is 18.7. The van der Waals surface area contributed by atoms with Crippen molar-refractivity contribution in [2.24, 2.45) is 0 Å². The summed E-state index contributed by atoms with van der Waals surface area (Å²) in [6, 6.07) is 10.6. The molecule has 10 nitrogen and oxygen atoms in total. The van der Waals surface area contributed by atoms with Crippen LogP contribution in [0.25, 0.3) is 11.1 Å². The highest BCUT2D eigenvalue weighted by molar-refractivity contribution is 6.08. The van der Waals surface area contributed by atoms with E-state index in [2.05, 4.69) is 23.8 Å². The number of benzene rings is 2. The summed E-state index contributed by atoms with van der Waals surface area (Å²) in [5.74, 6) is -1.30. The van der Waals surface area contributed by atoms with Crippen LogP contribution in [-0.2, 0) is 20.9 Å². The van der Waals surface area contributed by atoms with Crippen molar-refractivity contribution in [2.45, 2.75) is 12.6 Å². The summed E-state index contributed by atoms with van der Waals surface area (Å²) < 4.78 is 5.51. The minimum Gasteiger partial charge on any atom is -0.482 e. The van der Waals surface area contributed by atoms with Gasteiger partial charge < -0.3 is 25.4 Å². The molecule has 2 aromatic rings. The van der Waals surface area contributed by atoms with Crippen LogP contribution in [-0.4, -0.2) is 64.3 Å². The first-order valence-corrected chi connectivity index (χ1v) is 10.9. The van der Waals surface area contributed by atoms with Gasteiger partial charge in [-0.05, 0) is 34.9 Å². The molecule has 2 aromatic carbocycles. The quantitative estimate of drug-likeness (QED) is 0.555. The highest BCUT2D eigenvalue weighted by Crippen LogP contribution is 2.38. The Balaban J connectivity index is 1.33. The first-order chi connectivity index (χ1) is 16.7. The molecule has 10 heteroatoms. The van der Waals surface area contributed by atoms with Crippen molar-refractivity contribution < 1.29 is 29.0 Å². The predicted molar refractivity (Wildman–Crippen MR) is 125 cm³/mol. The van der Waals surface area contributed by atoms with Crippen molar-refractivity contribution in [2.75, 3.05) is 25.0 Å². The molecule has 3 heterocycles. The van der Waals surface area contributed by atoms with Gasteiger partial charge in [0.05, 0.1) is 24.0 Å². The molecule has 0 atom stereocenters. The summed E-state index contributed by atoms with van der Waals surface area (Å²) in [6.07, 6.45) is -0.576. The van der Waals surface area contributed by atoms with Gasteiger partial charge in [-0.2, -0.15) is 0 Å². The van der Waals surface area contributed by atoms with E-state index < -0.39 is 17.9 Å². The number of fused-ring (bicyclic) bond motifs is 2. The monoisotopic (exact) mass is 474 g/mol. The van der Waals surface area contributed by atoms with Gasteiger partial charge in [0, 0.05) is 18.7 Å². The van der Waals surface area contributed by atoms with E-state index in [1.807, 2.05) is 12.1 Å². The minimum atomic E-state index is -0.718. The van der Waals surface area contributed by atoms with E-state index in [0.29, 0.717) is 17.0 Å². The average molecular weight is 474 g/mol. The van der Waals surface area contributed by atoms with Crippen LogP contribution in [0.15, 0.2) is 61.0 Å². The molecule has 3 N–H and O–H groups in total. The number of carbonyl (C=O) groups is 4. The Morgan fingerprint density at radius 1 is 1.11 bits per heavy atom. The highest BCUT2D eigenvalue weighted by Gasteiger charge is 2.35. The molecule has 0 saturated carbocycles. The Labute approximate surface area is 200 Å². The first kappa shape index (κ1) is 22.4. The van der Waals surface area contributed by atoms with Crippen LogP contribution in [0.3, 0.4) is 0 Å². The number of ether oxygens (including phenoxy) is 1. The lowest BCUT2D eigenvalue weighted by molar-refractivity contribution is -0.138. The molecule has 0 unspecified atom stereocenters. The van der Waals surface area contributed by atoms with Gasteiger partial charge in [-0.3, -0.25) is 24.1 Å². The molecule has 5 rings (SSSR count). The number of anilines is 1. The number of likely N-dealkylation sites (tertiary alicyclic amines) is 1. The lowest BCUT2D eigenvalue weighted by atomic mass is 9.96. The standard InChI is InChI=1S/C25H22N4O6/c1-13(24(33)28-9-16(30)10-28)26-23(32)14(2)29-11-19-17(4-3-5-18(19)25(29)34)15-6-7-20-21(8-15)35-12-22(31)27-20/h3-8,16,30H,1-2,9-12H2,(H,26,32)(H,27,31). The molecule has 0 spiro atoms. The largest absolute Gasteiger partial charge is 0.482 e. The molecule has 35 heavy (non-hydrogen) atoms. The van der Waals surface area contributed by atoms with Gasteiger partial charge in [0.15, 0.2) is 6.61 Å². The van der Waals surface area contributed by atoms with Crippen molar-refractivity contribution >= 4 is 29.3 Å². The third kappa shape index (κ3) is 3.93. The van der Waals surface area contributed by atoms with Crippen LogP contribution in [0.2, 0.25) is 0 Å². The van der Waals surface area contributed by atoms with Crippen molar-refractivity contribution in [3.05, 3.63) is 72.1 Å². The molecule has 0 radical (unpaired) electrons. The molecule has 3 aliphatic heterocycles. The van der Waals surface area contributed by atoms with Gasteiger partial charge in [-0.1, -0.05) is 31.4 Å². The third-order valence-corrected chi connectivity index (χ3v) is 6.15. The zero-order valence-electron chi connectivity index (χ0n) is 18.7. The lowest BCUT2D eigenvalue weighted by Crippen LogP contribution is -2.55. The maximum atomic E-state index is 13.1. The number of amides is 4. The van der Waals surface area contributed by atoms with Crippen LogP contribution in [0.4, 0.5) is 5.69 Å². The Kier molecular flexibility index (Phi) is 5.37. The van der Waals surface area contributed by atoms with Gasteiger partial charge >= 0.3 is 0 Å². The fourth-order valence-corrected chi connectivity index (χ4v) is 4.26. The molecular formula is C25H22N4O6. The molecule has 4 amide bonds. The number of hydrogen-bond donors (Lipinski definition) is 3. The van der Waals surface area contributed by atoms with E-state index in [-0.39, 0.29) is 49.4 Å². The summed E-state index contributed by atoms with van der Waals surface area (Å²) in [6.45, 7) is 7.76. The minimum absolute atomic E-state index is 0.0727. The fourth-order valence-electron chi connectivity index (χ4n) is 4.26. The maximum absolute atomic E-state index is 13.1. The molecule has 3 aliphatic rings. The summed E-state index contributed by atoms with van der Waals surface area (Å²) in [7, 11) is 0. The molecule has 1 saturated heterocycles. The molecule has 1 fully saturated rings. The van der Waals surface area contributed by atoms with E-state index in [9.17, 15) is 24.3 Å². The zero-order chi connectivity index (χ0) is 24.9. The van der Waals surface area contributed by atoms with Gasteiger partial charge in [0.25, 0.3) is 23.6 Å². The topological polar surface area (TPSA) is 128 Å². The number of aliphatic hydroxyl groups excluding tert-OH is 1. The molecule has 178 valence electrons. The fraction of sp³-hybridized carbons (Fsp3) is 0.200. The Morgan fingerprint density at radius 3 is 2.60 bits per heavy atom. The van der Waals surface area contributed by atoms with Gasteiger partial charge in [-0.25, -0.2) is 0 Å². The summed E-state index contributed by atoms with van der Waals surface area (Å²) in [5, 5.41) is 14.5. The van der Waals surface area contributed by atoms with Crippen LogP contribution in [0.1, 0.15) is 15.9 Å². The van der Waals surface area contributed by atoms with Crippen LogP contribution >= 0.6 is 0 Å². The van der Waals surface area contributed by atoms with E-state index in [0.717, 1.165) is 16.7 Å². The number of β-amino-alcohol motifs (C(OH)–C–C–N with tert-alkyl or cyclic N) is 1. The highest BCUT2D eigenvalue weighted by atomic mass is 16.5. The smallest absolute Gasteiger partial charge is 0.271 e. The Morgan fingerprint density at radius 2 is 1.86 bits per heavy atom. The number of nitrogens with one attached hydrogen (secondary N) is 2. The first-order valence-electron chi connectivity index (χ1n) is 10.9. The van der Waals surface area contributed by atoms with E-state index in [4.69, 9.17) is 4.74 Å². The number of rotatable bonds is 5. The third-order valence-electron chi connectivity index (χ3n) is 6.15. The van der Waals surface area contributed by atoms with Crippen molar-refractivity contribution in [3.8, 4) is 16.9 Å². The maximum Gasteiger partial charge on any atom is 0.271 e. The number of carbonyl (C=O) groups excluding carboxylic acids is 4. The lowest BCUT2D eigenvalue weighted by Gasteiger charge is -2.36. The van der Waals surface area contributed by atoms with Crippen LogP contribution in [0, 0.1) is 0 Å². The average Bonchev–Trinajstić information content (AvgIpc) is 3.17. The van der Waals surface area contributed by atoms with E-state index in [1.165, 1.54) is 9.80 Å². The van der Waals surface area contributed by atoms with Crippen LogP contribution < -0.4 is 15.4 Å². The summed E-state index contributed by atoms with van der Waals surface area (Å²) in [5.41, 5.74) is 3.02. The van der Waals surface area contributed by atoms with Gasteiger partial charge in [-0.15, -0.1) is 0 Å². The molecule has 0 aliphatic carbocycles. The molecular weight excluding hydrogens is 452 g/mol. The van der Waals surface area contributed by atoms with E-state index >= 15 is 0 Å².